The number of likely N-dealkylation sites (N-methyl/N-ethyl adjacent to an activating group) is 1. The molecule has 6 heteroatoms. The molecule has 0 bridgehead atoms. The highest BCUT2D eigenvalue weighted by atomic mass is 16.2. The second-order valence-corrected chi connectivity index (χ2v) is 8.69. The first-order valence-corrected chi connectivity index (χ1v) is 11.7. The zero-order chi connectivity index (χ0) is 21.4. The number of hydrogen-bond donors (Lipinski definition) is 1. The van der Waals surface area contributed by atoms with Gasteiger partial charge in [0.25, 0.3) is 0 Å². The van der Waals surface area contributed by atoms with E-state index in [0.717, 1.165) is 52.0 Å². The highest BCUT2D eigenvalue weighted by molar-refractivity contribution is 5.78. The molecule has 0 radical (unpaired) electrons. The number of nitrogens with zero attached hydrogens (tertiary/aromatic N) is 3. The summed E-state index contributed by atoms with van der Waals surface area (Å²) in [5.74, 6) is 0.184. The molecule has 2 aliphatic rings. The Balaban J connectivity index is 1.52. The van der Waals surface area contributed by atoms with Gasteiger partial charge in [-0.25, -0.2) is 4.79 Å². The molecule has 2 fully saturated rings. The molecule has 0 atom stereocenters. The van der Waals surface area contributed by atoms with E-state index in [4.69, 9.17) is 0 Å². The van der Waals surface area contributed by atoms with Crippen LogP contribution < -0.4 is 5.32 Å². The van der Waals surface area contributed by atoms with E-state index in [0.29, 0.717) is 19.6 Å². The lowest BCUT2D eigenvalue weighted by Crippen LogP contribution is -2.47. The van der Waals surface area contributed by atoms with E-state index in [1.54, 1.807) is 0 Å². The summed E-state index contributed by atoms with van der Waals surface area (Å²) < 4.78 is 0. The lowest BCUT2D eigenvalue weighted by molar-refractivity contribution is -0.132. The van der Waals surface area contributed by atoms with E-state index < -0.39 is 0 Å². The van der Waals surface area contributed by atoms with Crippen LogP contribution in [0.4, 0.5) is 4.79 Å². The van der Waals surface area contributed by atoms with Gasteiger partial charge in [-0.05, 0) is 38.7 Å². The molecule has 6 nitrogen and oxygen atoms in total. The van der Waals surface area contributed by atoms with Crippen molar-refractivity contribution in [3.05, 3.63) is 35.9 Å². The Bertz CT molecular complexity index is 684. The molecule has 3 rings (SSSR count). The number of hydrogen-bond acceptors (Lipinski definition) is 3. The fourth-order valence-electron chi connectivity index (χ4n) is 4.97. The van der Waals surface area contributed by atoms with Crippen molar-refractivity contribution in [2.75, 3.05) is 52.4 Å². The first-order valence-electron chi connectivity index (χ1n) is 11.7. The maximum absolute atomic E-state index is 12.9. The number of amides is 3. The summed E-state index contributed by atoms with van der Waals surface area (Å²) >= 11 is 0. The summed E-state index contributed by atoms with van der Waals surface area (Å²) in [6.45, 7) is 9.74. The third kappa shape index (κ3) is 5.54. The summed E-state index contributed by atoms with van der Waals surface area (Å²) in [5, 5.41) is 3.25. The SMILES string of the molecule is CCN(CC)C(=O)CN1CCCN(C(=O)NCC2(c3ccccc3)CCCC2)CC1. The average Bonchev–Trinajstić information content (AvgIpc) is 3.14. The van der Waals surface area contributed by atoms with Crippen molar-refractivity contribution >= 4 is 11.9 Å². The number of rotatable bonds is 7. The van der Waals surface area contributed by atoms with Crippen molar-refractivity contribution in [3.63, 3.8) is 0 Å². The summed E-state index contributed by atoms with van der Waals surface area (Å²) in [6, 6.07) is 10.7. The first-order chi connectivity index (χ1) is 14.6. The van der Waals surface area contributed by atoms with E-state index in [9.17, 15) is 9.59 Å². The fourth-order valence-corrected chi connectivity index (χ4v) is 4.97. The van der Waals surface area contributed by atoms with E-state index in [1.165, 1.54) is 18.4 Å². The molecule has 1 heterocycles. The van der Waals surface area contributed by atoms with Crippen LogP contribution in [-0.2, 0) is 10.2 Å². The minimum atomic E-state index is 0.0362. The van der Waals surface area contributed by atoms with Crippen LogP contribution in [0.3, 0.4) is 0 Å². The van der Waals surface area contributed by atoms with E-state index in [2.05, 4.69) is 40.5 Å². The van der Waals surface area contributed by atoms with Crippen molar-refractivity contribution in [1.29, 1.82) is 0 Å². The van der Waals surface area contributed by atoms with E-state index in [-0.39, 0.29) is 17.4 Å². The van der Waals surface area contributed by atoms with E-state index >= 15 is 0 Å². The lowest BCUT2D eigenvalue weighted by atomic mass is 9.79. The summed E-state index contributed by atoms with van der Waals surface area (Å²) in [7, 11) is 0. The minimum Gasteiger partial charge on any atom is -0.342 e. The first kappa shape index (κ1) is 22.6. The Morgan fingerprint density at radius 3 is 2.33 bits per heavy atom. The quantitative estimate of drug-likeness (QED) is 0.746. The Hall–Kier alpha value is -2.08. The predicted octanol–water partition coefficient (Wildman–Crippen LogP) is 3.08. The van der Waals surface area contributed by atoms with Crippen LogP contribution in [0, 0.1) is 0 Å². The number of nitrogens with one attached hydrogen (secondary N) is 1. The van der Waals surface area contributed by atoms with E-state index in [1.807, 2.05) is 23.6 Å². The molecule has 1 saturated heterocycles. The monoisotopic (exact) mass is 414 g/mol. The minimum absolute atomic E-state index is 0.0362. The van der Waals surface area contributed by atoms with Crippen molar-refractivity contribution in [3.8, 4) is 0 Å². The lowest BCUT2D eigenvalue weighted by Gasteiger charge is -2.31. The van der Waals surface area contributed by atoms with Gasteiger partial charge in [0.1, 0.15) is 0 Å². The fraction of sp³-hybridized carbons (Fsp3) is 0.667. The van der Waals surface area contributed by atoms with Gasteiger partial charge in [-0.2, -0.15) is 0 Å². The van der Waals surface area contributed by atoms with Gasteiger partial charge in [-0.3, -0.25) is 9.69 Å². The summed E-state index contributed by atoms with van der Waals surface area (Å²) in [4.78, 5) is 31.3. The number of carbonyl (C=O) groups excluding carboxylic acids is 2. The molecular formula is C24H38N4O2. The van der Waals surface area contributed by atoms with Crippen LogP contribution in [-0.4, -0.2) is 79.0 Å². The molecule has 1 N–H and O–H groups in total. The van der Waals surface area contributed by atoms with Gasteiger partial charge in [-0.15, -0.1) is 0 Å². The molecule has 1 aliphatic carbocycles. The summed E-state index contributed by atoms with van der Waals surface area (Å²) in [6.07, 6.45) is 5.63. The van der Waals surface area contributed by atoms with Gasteiger partial charge >= 0.3 is 6.03 Å². The van der Waals surface area contributed by atoms with Crippen LogP contribution in [0.2, 0.25) is 0 Å². The largest absolute Gasteiger partial charge is 0.342 e. The highest BCUT2D eigenvalue weighted by Gasteiger charge is 2.36. The molecule has 0 aromatic heterocycles. The molecule has 0 spiro atoms. The van der Waals surface area contributed by atoms with Gasteiger partial charge < -0.3 is 15.1 Å². The number of urea groups is 1. The third-order valence-corrected chi connectivity index (χ3v) is 6.88. The molecular weight excluding hydrogens is 376 g/mol. The van der Waals surface area contributed by atoms with Crippen molar-refractivity contribution < 1.29 is 9.59 Å². The molecule has 1 aliphatic heterocycles. The zero-order valence-corrected chi connectivity index (χ0v) is 18.7. The normalized spacial score (nSPS) is 19.3. The molecule has 1 saturated carbocycles. The van der Waals surface area contributed by atoms with Crippen molar-refractivity contribution in [1.82, 2.24) is 20.0 Å². The topological polar surface area (TPSA) is 55.9 Å². The molecule has 1 aromatic rings. The second-order valence-electron chi connectivity index (χ2n) is 8.69. The molecule has 1 aromatic carbocycles. The number of carbonyl (C=O) groups is 2. The molecule has 3 amide bonds. The Kier molecular flexibility index (Phi) is 8.14. The molecule has 30 heavy (non-hydrogen) atoms. The predicted molar refractivity (Wildman–Crippen MR) is 121 cm³/mol. The van der Waals surface area contributed by atoms with Crippen molar-refractivity contribution in [2.24, 2.45) is 0 Å². The van der Waals surface area contributed by atoms with Gasteiger partial charge in [0.05, 0.1) is 6.54 Å². The van der Waals surface area contributed by atoms with Crippen LogP contribution in [0.15, 0.2) is 30.3 Å². The Morgan fingerprint density at radius 1 is 0.967 bits per heavy atom. The Morgan fingerprint density at radius 2 is 1.67 bits per heavy atom. The standard InChI is InChI=1S/C24H38N4O2/c1-3-27(4-2)22(29)19-26-15-10-16-28(18-17-26)23(30)25-20-24(13-8-9-14-24)21-11-6-5-7-12-21/h5-7,11-12H,3-4,8-10,13-20H2,1-2H3,(H,25,30). The third-order valence-electron chi connectivity index (χ3n) is 6.88. The maximum atomic E-state index is 12.9. The number of benzene rings is 1. The van der Waals surface area contributed by atoms with Crippen LogP contribution in [0.25, 0.3) is 0 Å². The van der Waals surface area contributed by atoms with Crippen LogP contribution >= 0.6 is 0 Å². The van der Waals surface area contributed by atoms with Gasteiger partial charge in [0.2, 0.25) is 5.91 Å². The highest BCUT2D eigenvalue weighted by Crippen LogP contribution is 2.40. The summed E-state index contributed by atoms with van der Waals surface area (Å²) in [5.41, 5.74) is 1.42. The van der Waals surface area contributed by atoms with Gasteiger partial charge in [-0.1, -0.05) is 43.2 Å². The molecule has 0 unspecified atom stereocenters. The van der Waals surface area contributed by atoms with Gasteiger partial charge in [0, 0.05) is 51.2 Å². The average molecular weight is 415 g/mol. The van der Waals surface area contributed by atoms with Crippen LogP contribution in [0.1, 0.15) is 51.5 Å². The zero-order valence-electron chi connectivity index (χ0n) is 18.7. The smallest absolute Gasteiger partial charge is 0.317 e. The Labute approximate surface area is 181 Å². The molecule has 166 valence electrons. The van der Waals surface area contributed by atoms with Gasteiger partial charge in [0.15, 0.2) is 0 Å². The maximum Gasteiger partial charge on any atom is 0.317 e. The van der Waals surface area contributed by atoms with Crippen molar-refractivity contribution in [2.45, 2.75) is 51.4 Å². The van der Waals surface area contributed by atoms with Crippen LogP contribution in [0.5, 0.6) is 0 Å². The second kappa shape index (κ2) is 10.8.